The number of halogens is 3. The first-order valence-corrected chi connectivity index (χ1v) is 12.2. The summed E-state index contributed by atoms with van der Waals surface area (Å²) >= 11 is 0. The molecule has 2 atom stereocenters. The van der Waals surface area contributed by atoms with Gasteiger partial charge in [-0.25, -0.2) is 9.50 Å². The highest BCUT2D eigenvalue weighted by atomic mass is 19.4. The molecule has 10 nitrogen and oxygen atoms in total. The minimum atomic E-state index is -5.00. The number of nitrogen functional groups attached to an aromatic ring is 1. The molecule has 5 rings (SSSR count). The molecule has 0 saturated heterocycles. The van der Waals surface area contributed by atoms with Gasteiger partial charge in [0.1, 0.15) is 12.0 Å². The number of benzene rings is 1. The number of hydrogen-bond donors (Lipinski definition) is 4. The molecule has 0 spiro atoms. The van der Waals surface area contributed by atoms with Crippen molar-refractivity contribution in [3.63, 3.8) is 0 Å². The second-order valence-electron chi connectivity index (χ2n) is 10.5. The van der Waals surface area contributed by atoms with Crippen LogP contribution in [0.25, 0.3) is 16.9 Å². The number of carbonyl (C=O) groups is 1. The quantitative estimate of drug-likeness (QED) is 0.324. The van der Waals surface area contributed by atoms with Crippen molar-refractivity contribution in [2.24, 2.45) is 5.92 Å². The van der Waals surface area contributed by atoms with Crippen molar-refractivity contribution in [1.29, 1.82) is 0 Å². The summed E-state index contributed by atoms with van der Waals surface area (Å²) in [6.07, 6.45) is -2.85. The summed E-state index contributed by atoms with van der Waals surface area (Å²) in [6.45, 7) is 5.16. The zero-order chi connectivity index (χ0) is 27.6. The van der Waals surface area contributed by atoms with Gasteiger partial charge in [-0.1, -0.05) is 0 Å². The highest BCUT2D eigenvalue weighted by Crippen LogP contribution is 2.42. The van der Waals surface area contributed by atoms with E-state index in [4.69, 9.17) is 5.73 Å². The maximum absolute atomic E-state index is 13.3. The van der Waals surface area contributed by atoms with Gasteiger partial charge in [0.25, 0.3) is 5.91 Å². The standard InChI is InChI=1S/C25H29F3N6O4/c1-12(13-4-5-13)33-10-15-8-14(9-17(18(15)23(33)37)38-25(26,27)28)16-6-7-34-21(30-16)19(20(29)32-34)22(36)31-24(2,3)11-35/h6-9,12-13,22,31,35-36H,4-5,10-11H2,1-3H3,(H2,29,32)/t12-,22?/m0/s1. The molecule has 1 saturated carbocycles. The number of ether oxygens (including phenoxy) is 1. The SMILES string of the molecule is C[C@@H](C1CC1)N1Cc2cc(-c3ccn4nc(N)c(C(O)NC(C)(C)CO)c4n3)cc(OC(F)(F)F)c2C1=O. The highest BCUT2D eigenvalue weighted by Gasteiger charge is 2.42. The van der Waals surface area contributed by atoms with Crippen LogP contribution in [0.3, 0.4) is 0 Å². The molecule has 3 heterocycles. The van der Waals surface area contributed by atoms with Gasteiger partial charge >= 0.3 is 6.36 Å². The Labute approximate surface area is 216 Å². The van der Waals surface area contributed by atoms with Crippen LogP contribution in [0.15, 0.2) is 24.4 Å². The molecule has 3 aromatic rings. The number of hydrogen-bond acceptors (Lipinski definition) is 8. The van der Waals surface area contributed by atoms with E-state index in [9.17, 15) is 28.2 Å². The van der Waals surface area contributed by atoms with Crippen LogP contribution >= 0.6 is 0 Å². The van der Waals surface area contributed by atoms with Crippen LogP contribution in [-0.2, 0) is 6.54 Å². The van der Waals surface area contributed by atoms with E-state index < -0.39 is 29.8 Å². The van der Waals surface area contributed by atoms with E-state index in [1.54, 1.807) is 30.9 Å². The molecule has 38 heavy (non-hydrogen) atoms. The van der Waals surface area contributed by atoms with E-state index in [-0.39, 0.29) is 47.5 Å². The van der Waals surface area contributed by atoms with Crippen molar-refractivity contribution in [3.05, 3.63) is 41.1 Å². The predicted molar refractivity (Wildman–Crippen MR) is 131 cm³/mol. The molecular formula is C25H29F3N6O4. The zero-order valence-electron chi connectivity index (χ0n) is 21.1. The van der Waals surface area contributed by atoms with Crippen LogP contribution in [0.5, 0.6) is 5.75 Å². The lowest BCUT2D eigenvalue weighted by atomic mass is 10.0. The molecule has 13 heteroatoms. The highest BCUT2D eigenvalue weighted by molar-refractivity contribution is 6.02. The number of nitrogens with zero attached hydrogens (tertiary/aromatic N) is 4. The van der Waals surface area contributed by atoms with Gasteiger partial charge < -0.3 is 25.6 Å². The minimum absolute atomic E-state index is 0.00580. The third-order valence-corrected chi connectivity index (χ3v) is 7.06. The Bertz CT molecular complexity index is 1400. The number of alkyl halides is 3. The van der Waals surface area contributed by atoms with Crippen molar-refractivity contribution in [2.75, 3.05) is 12.3 Å². The smallest absolute Gasteiger partial charge is 0.405 e. The lowest BCUT2D eigenvalue weighted by Crippen LogP contribution is -2.44. The van der Waals surface area contributed by atoms with Crippen molar-refractivity contribution < 1.29 is 32.9 Å². The summed E-state index contributed by atoms with van der Waals surface area (Å²) < 4.78 is 45.7. The molecule has 204 valence electrons. The number of aromatic nitrogens is 3. The first-order valence-electron chi connectivity index (χ1n) is 12.2. The Balaban J connectivity index is 1.58. The Morgan fingerprint density at radius 1 is 1.29 bits per heavy atom. The summed E-state index contributed by atoms with van der Waals surface area (Å²) in [7, 11) is 0. The van der Waals surface area contributed by atoms with Gasteiger partial charge in [0.05, 0.1) is 23.4 Å². The Hall–Kier alpha value is -3.42. The van der Waals surface area contributed by atoms with Gasteiger partial charge in [-0.2, -0.15) is 0 Å². The molecule has 2 aliphatic rings. The van der Waals surface area contributed by atoms with Gasteiger partial charge in [0.15, 0.2) is 11.5 Å². The fourth-order valence-electron chi connectivity index (χ4n) is 4.83. The molecule has 1 aliphatic carbocycles. The fourth-order valence-corrected chi connectivity index (χ4v) is 4.83. The predicted octanol–water partition coefficient (Wildman–Crippen LogP) is 2.98. The van der Waals surface area contributed by atoms with Crippen molar-refractivity contribution in [1.82, 2.24) is 24.8 Å². The number of nitrogens with two attached hydrogens (primary N) is 1. The molecule has 1 aliphatic heterocycles. The molecule has 1 amide bonds. The Morgan fingerprint density at radius 2 is 2.00 bits per heavy atom. The third kappa shape index (κ3) is 4.88. The Kier molecular flexibility index (Phi) is 6.27. The van der Waals surface area contributed by atoms with Crippen molar-refractivity contribution >= 4 is 17.4 Å². The van der Waals surface area contributed by atoms with Gasteiger partial charge in [-0.05, 0) is 63.3 Å². The molecule has 1 fully saturated rings. The summed E-state index contributed by atoms with van der Waals surface area (Å²) in [5, 5.41) is 27.3. The second kappa shape index (κ2) is 9.10. The average molecular weight is 535 g/mol. The van der Waals surface area contributed by atoms with E-state index in [0.717, 1.165) is 18.9 Å². The van der Waals surface area contributed by atoms with E-state index in [1.165, 1.54) is 10.7 Å². The fraction of sp³-hybridized carbons (Fsp3) is 0.480. The first kappa shape index (κ1) is 26.2. The zero-order valence-corrected chi connectivity index (χ0v) is 21.1. The molecule has 0 bridgehead atoms. The Morgan fingerprint density at radius 3 is 2.63 bits per heavy atom. The topological polar surface area (TPSA) is 138 Å². The number of rotatable bonds is 8. The molecular weight excluding hydrogens is 505 g/mol. The molecule has 5 N–H and O–H groups in total. The summed E-state index contributed by atoms with van der Waals surface area (Å²) in [5.41, 5.74) is 6.40. The van der Waals surface area contributed by atoms with Gasteiger partial charge in [-0.15, -0.1) is 18.3 Å². The maximum atomic E-state index is 13.3. The first-order chi connectivity index (χ1) is 17.8. The number of aliphatic hydroxyl groups excluding tert-OH is 2. The normalized spacial score (nSPS) is 17.7. The third-order valence-electron chi connectivity index (χ3n) is 7.06. The van der Waals surface area contributed by atoms with Crippen LogP contribution in [0.2, 0.25) is 0 Å². The number of nitrogens with one attached hydrogen (secondary N) is 1. The number of carbonyl (C=O) groups excluding carboxylic acids is 1. The van der Waals surface area contributed by atoms with Crippen LogP contribution in [0.4, 0.5) is 19.0 Å². The number of fused-ring (bicyclic) bond motifs is 2. The molecule has 0 radical (unpaired) electrons. The molecule has 1 unspecified atom stereocenters. The van der Waals surface area contributed by atoms with E-state index in [2.05, 4.69) is 20.1 Å². The summed E-state index contributed by atoms with van der Waals surface area (Å²) in [5.74, 6) is -0.735. The van der Waals surface area contributed by atoms with Gasteiger partial charge in [0, 0.05) is 29.9 Å². The van der Waals surface area contributed by atoms with Crippen LogP contribution in [0, 0.1) is 5.92 Å². The number of amides is 1. The minimum Gasteiger partial charge on any atom is -0.405 e. The second-order valence-corrected chi connectivity index (χ2v) is 10.5. The number of anilines is 1. The van der Waals surface area contributed by atoms with Crippen LogP contribution in [-0.4, -0.2) is 60.2 Å². The largest absolute Gasteiger partial charge is 0.573 e. The molecule has 2 aromatic heterocycles. The van der Waals surface area contributed by atoms with Crippen molar-refractivity contribution in [2.45, 2.75) is 64.3 Å². The number of aliphatic hydroxyl groups is 2. The lowest BCUT2D eigenvalue weighted by molar-refractivity contribution is -0.274. The maximum Gasteiger partial charge on any atom is 0.573 e. The van der Waals surface area contributed by atoms with E-state index >= 15 is 0 Å². The van der Waals surface area contributed by atoms with E-state index in [1.807, 2.05) is 6.92 Å². The van der Waals surface area contributed by atoms with Gasteiger partial charge in [0.2, 0.25) is 0 Å². The van der Waals surface area contributed by atoms with Gasteiger partial charge in [-0.3, -0.25) is 10.1 Å². The lowest BCUT2D eigenvalue weighted by Gasteiger charge is -2.27. The average Bonchev–Trinajstić information content (AvgIpc) is 3.54. The van der Waals surface area contributed by atoms with Crippen LogP contribution < -0.4 is 15.8 Å². The van der Waals surface area contributed by atoms with Crippen LogP contribution in [0.1, 0.15) is 61.3 Å². The summed E-state index contributed by atoms with van der Waals surface area (Å²) in [4.78, 5) is 19.3. The van der Waals surface area contributed by atoms with Crippen molar-refractivity contribution in [3.8, 4) is 17.0 Å². The van der Waals surface area contributed by atoms with E-state index in [0.29, 0.717) is 17.0 Å². The monoisotopic (exact) mass is 534 g/mol. The summed E-state index contributed by atoms with van der Waals surface area (Å²) in [6, 6.07) is 4.23. The molecule has 1 aromatic carbocycles.